The first-order valence-corrected chi connectivity index (χ1v) is 5.45. The van der Waals surface area contributed by atoms with E-state index >= 15 is 0 Å². The van der Waals surface area contributed by atoms with Gasteiger partial charge in [0.1, 0.15) is 5.82 Å². The zero-order valence-corrected chi connectivity index (χ0v) is 9.63. The molecule has 0 radical (unpaired) electrons. The highest BCUT2D eigenvalue weighted by Crippen LogP contribution is 2.11. The summed E-state index contributed by atoms with van der Waals surface area (Å²) in [4.78, 5) is 18.9. The number of nitrogens with one attached hydrogen (secondary N) is 2. The highest BCUT2D eigenvalue weighted by Gasteiger charge is 2.16. The number of aryl methyl sites for hydroxylation is 1. The number of hydrogen-bond acceptors (Lipinski definition) is 2. The van der Waals surface area contributed by atoms with E-state index in [2.05, 4.69) is 22.2 Å². The van der Waals surface area contributed by atoms with Crippen LogP contribution >= 0.6 is 0 Å². The summed E-state index contributed by atoms with van der Waals surface area (Å²) in [6, 6.07) is 0. The number of carbonyl (C=O) groups is 1. The average Bonchev–Trinajstić information content (AvgIpc) is 2.72. The zero-order valence-electron chi connectivity index (χ0n) is 9.63. The van der Waals surface area contributed by atoms with Gasteiger partial charge in [0, 0.05) is 37.7 Å². The van der Waals surface area contributed by atoms with Crippen LogP contribution in [0, 0.1) is 5.92 Å². The Kier molecular flexibility index (Phi) is 4.34. The Morgan fingerprint density at radius 2 is 2.33 bits per heavy atom. The lowest BCUT2D eigenvalue weighted by Crippen LogP contribution is -2.28. The Labute approximate surface area is 90.5 Å². The van der Waals surface area contributed by atoms with Crippen molar-refractivity contribution in [2.75, 3.05) is 7.05 Å². The van der Waals surface area contributed by atoms with Gasteiger partial charge in [0.25, 0.3) is 0 Å². The number of aromatic amines is 1. The molecule has 4 nitrogen and oxygen atoms in total. The van der Waals surface area contributed by atoms with Crippen LogP contribution in [0.2, 0.25) is 0 Å². The maximum absolute atomic E-state index is 11.5. The molecule has 2 N–H and O–H groups in total. The normalized spacial score (nSPS) is 12.5. The van der Waals surface area contributed by atoms with Crippen LogP contribution in [0.25, 0.3) is 0 Å². The molecule has 0 bridgehead atoms. The molecule has 1 unspecified atom stereocenters. The number of aromatic nitrogens is 2. The minimum absolute atomic E-state index is 0.0418. The third-order valence-corrected chi connectivity index (χ3v) is 2.59. The fourth-order valence-corrected chi connectivity index (χ4v) is 1.58. The first-order chi connectivity index (χ1) is 7.21. The van der Waals surface area contributed by atoms with Gasteiger partial charge in [-0.1, -0.05) is 13.8 Å². The Bertz CT molecular complexity index is 319. The van der Waals surface area contributed by atoms with Crippen molar-refractivity contribution < 1.29 is 4.79 Å². The first kappa shape index (κ1) is 11.8. The molecule has 1 amide bonds. The van der Waals surface area contributed by atoms with Crippen molar-refractivity contribution in [3.8, 4) is 0 Å². The quantitative estimate of drug-likeness (QED) is 0.767. The molecule has 84 valence electrons. The lowest BCUT2D eigenvalue weighted by Gasteiger charge is -2.11. The van der Waals surface area contributed by atoms with E-state index in [4.69, 9.17) is 0 Å². The van der Waals surface area contributed by atoms with E-state index in [1.54, 1.807) is 7.05 Å². The van der Waals surface area contributed by atoms with Crippen molar-refractivity contribution >= 4 is 5.91 Å². The molecule has 0 fully saturated rings. The van der Waals surface area contributed by atoms with Crippen molar-refractivity contribution in [2.24, 2.45) is 5.92 Å². The van der Waals surface area contributed by atoms with Crippen molar-refractivity contribution in [1.82, 2.24) is 15.3 Å². The van der Waals surface area contributed by atoms with Crippen LogP contribution in [0.4, 0.5) is 0 Å². The second kappa shape index (κ2) is 5.53. The van der Waals surface area contributed by atoms with E-state index in [0.717, 1.165) is 30.8 Å². The SMILES string of the molecule is CCc1ncc(CC(CC)C(=O)NC)[nH]1. The summed E-state index contributed by atoms with van der Waals surface area (Å²) in [6.45, 7) is 4.08. The number of hydrogen-bond donors (Lipinski definition) is 2. The molecule has 0 saturated carbocycles. The van der Waals surface area contributed by atoms with Crippen LogP contribution in [0.1, 0.15) is 31.8 Å². The standard InChI is InChI=1S/C11H19N3O/c1-4-8(11(15)12-3)6-9-7-13-10(5-2)14-9/h7-8H,4-6H2,1-3H3,(H,12,15)(H,13,14). The van der Waals surface area contributed by atoms with Crippen LogP contribution < -0.4 is 5.32 Å². The molecule has 0 aliphatic rings. The van der Waals surface area contributed by atoms with Crippen LogP contribution in [-0.4, -0.2) is 22.9 Å². The van der Waals surface area contributed by atoms with Gasteiger partial charge in [0.15, 0.2) is 0 Å². The first-order valence-electron chi connectivity index (χ1n) is 5.45. The smallest absolute Gasteiger partial charge is 0.223 e. The molecule has 0 saturated heterocycles. The van der Waals surface area contributed by atoms with E-state index < -0.39 is 0 Å². The molecular formula is C11H19N3O. The number of H-pyrrole nitrogens is 1. The van der Waals surface area contributed by atoms with Gasteiger partial charge in [0.05, 0.1) is 0 Å². The van der Waals surface area contributed by atoms with Crippen LogP contribution in [0.3, 0.4) is 0 Å². The molecule has 1 heterocycles. The molecule has 0 aromatic carbocycles. The highest BCUT2D eigenvalue weighted by molar-refractivity contribution is 5.78. The molecule has 1 aromatic heterocycles. The maximum atomic E-state index is 11.5. The Morgan fingerprint density at radius 1 is 1.60 bits per heavy atom. The molecule has 1 atom stereocenters. The van der Waals surface area contributed by atoms with Crippen molar-refractivity contribution in [1.29, 1.82) is 0 Å². The van der Waals surface area contributed by atoms with Crippen molar-refractivity contribution in [3.63, 3.8) is 0 Å². The number of imidazole rings is 1. The Balaban J connectivity index is 2.62. The summed E-state index contributed by atoms with van der Waals surface area (Å²) >= 11 is 0. The van der Waals surface area contributed by atoms with Gasteiger partial charge < -0.3 is 10.3 Å². The number of rotatable bonds is 5. The van der Waals surface area contributed by atoms with Gasteiger partial charge >= 0.3 is 0 Å². The third kappa shape index (κ3) is 3.08. The van der Waals surface area contributed by atoms with E-state index in [-0.39, 0.29) is 11.8 Å². The Morgan fingerprint density at radius 3 is 2.80 bits per heavy atom. The van der Waals surface area contributed by atoms with E-state index in [1.165, 1.54) is 0 Å². The van der Waals surface area contributed by atoms with Gasteiger partial charge in [-0.3, -0.25) is 4.79 Å². The monoisotopic (exact) mass is 209 g/mol. The number of nitrogens with zero attached hydrogens (tertiary/aromatic N) is 1. The fraction of sp³-hybridized carbons (Fsp3) is 0.636. The molecule has 0 aliphatic carbocycles. The third-order valence-electron chi connectivity index (χ3n) is 2.59. The van der Waals surface area contributed by atoms with Gasteiger partial charge in [-0.05, 0) is 6.42 Å². The molecule has 15 heavy (non-hydrogen) atoms. The Hall–Kier alpha value is -1.32. The summed E-state index contributed by atoms with van der Waals surface area (Å²) < 4.78 is 0. The van der Waals surface area contributed by atoms with Crippen LogP contribution in [0.5, 0.6) is 0 Å². The number of carbonyl (C=O) groups excluding carboxylic acids is 1. The molecule has 1 rings (SSSR count). The summed E-state index contributed by atoms with van der Waals surface area (Å²) in [7, 11) is 1.68. The predicted octanol–water partition coefficient (Wildman–Crippen LogP) is 1.29. The zero-order chi connectivity index (χ0) is 11.3. The van der Waals surface area contributed by atoms with Crippen molar-refractivity contribution in [2.45, 2.75) is 33.1 Å². The van der Waals surface area contributed by atoms with Gasteiger partial charge in [-0.2, -0.15) is 0 Å². The van der Waals surface area contributed by atoms with Crippen LogP contribution in [0.15, 0.2) is 6.20 Å². The van der Waals surface area contributed by atoms with Crippen LogP contribution in [-0.2, 0) is 17.6 Å². The number of amides is 1. The lowest BCUT2D eigenvalue weighted by molar-refractivity contribution is -0.124. The lowest BCUT2D eigenvalue weighted by atomic mass is 10.00. The van der Waals surface area contributed by atoms with E-state index in [0.29, 0.717) is 0 Å². The highest BCUT2D eigenvalue weighted by atomic mass is 16.1. The molecule has 0 aliphatic heterocycles. The predicted molar refractivity (Wildman–Crippen MR) is 59.5 cm³/mol. The maximum Gasteiger partial charge on any atom is 0.223 e. The summed E-state index contributed by atoms with van der Waals surface area (Å²) in [5, 5.41) is 2.68. The minimum atomic E-state index is 0.0418. The molecule has 4 heteroatoms. The second-order valence-corrected chi connectivity index (χ2v) is 3.63. The van der Waals surface area contributed by atoms with Crippen molar-refractivity contribution in [3.05, 3.63) is 17.7 Å². The topological polar surface area (TPSA) is 57.8 Å². The van der Waals surface area contributed by atoms with E-state index in [9.17, 15) is 4.79 Å². The summed E-state index contributed by atoms with van der Waals surface area (Å²) in [5.74, 6) is 1.13. The molecule has 1 aromatic rings. The summed E-state index contributed by atoms with van der Waals surface area (Å²) in [6.07, 6.45) is 4.31. The second-order valence-electron chi connectivity index (χ2n) is 3.63. The fourth-order valence-electron chi connectivity index (χ4n) is 1.58. The van der Waals surface area contributed by atoms with Gasteiger partial charge in [0.2, 0.25) is 5.91 Å². The largest absolute Gasteiger partial charge is 0.359 e. The van der Waals surface area contributed by atoms with E-state index in [1.807, 2.05) is 13.1 Å². The average molecular weight is 209 g/mol. The van der Waals surface area contributed by atoms with Gasteiger partial charge in [-0.15, -0.1) is 0 Å². The minimum Gasteiger partial charge on any atom is -0.359 e. The van der Waals surface area contributed by atoms with Gasteiger partial charge in [-0.25, -0.2) is 4.98 Å². The molecule has 0 spiro atoms. The molecular weight excluding hydrogens is 190 g/mol. The summed E-state index contributed by atoms with van der Waals surface area (Å²) in [5.41, 5.74) is 1.04.